The van der Waals surface area contributed by atoms with Gasteiger partial charge in [-0.05, 0) is 30.5 Å². The molecule has 0 aliphatic heterocycles. The molecule has 0 aromatic heterocycles. The monoisotopic (exact) mass is 270 g/mol. The molecule has 1 atom stereocenters. The van der Waals surface area contributed by atoms with E-state index in [2.05, 4.69) is 13.8 Å². The third kappa shape index (κ3) is 5.17. The van der Waals surface area contributed by atoms with Crippen molar-refractivity contribution >= 4 is 0 Å². The van der Waals surface area contributed by atoms with Gasteiger partial charge in [0.15, 0.2) is 0 Å². The van der Waals surface area contributed by atoms with Gasteiger partial charge in [-0.2, -0.15) is 0 Å². The Hall–Kier alpha value is -1.13. The van der Waals surface area contributed by atoms with E-state index in [0.29, 0.717) is 24.9 Å². The molecule has 0 saturated heterocycles. The summed E-state index contributed by atoms with van der Waals surface area (Å²) in [7, 11) is 3.21. The summed E-state index contributed by atoms with van der Waals surface area (Å²) in [5.41, 5.74) is 0.757. The molecule has 0 bridgehead atoms. The predicted octanol–water partition coefficient (Wildman–Crippen LogP) is 3.58. The highest BCUT2D eigenvalue weighted by atomic mass is 19.1. The van der Waals surface area contributed by atoms with Crippen LogP contribution in [0.4, 0.5) is 4.39 Å². The summed E-state index contributed by atoms with van der Waals surface area (Å²) >= 11 is 0. The Morgan fingerprint density at radius 1 is 1.16 bits per heavy atom. The predicted molar refractivity (Wildman–Crippen MR) is 73.0 cm³/mol. The van der Waals surface area contributed by atoms with Crippen LogP contribution in [0.1, 0.15) is 31.9 Å². The maximum absolute atomic E-state index is 13.4. The lowest BCUT2D eigenvalue weighted by Crippen LogP contribution is -2.12. The van der Waals surface area contributed by atoms with Crippen LogP contribution in [0.3, 0.4) is 0 Å². The number of halogens is 1. The number of hydrogen-bond acceptors (Lipinski definition) is 3. The lowest BCUT2D eigenvalue weighted by molar-refractivity contribution is 0.00506. The van der Waals surface area contributed by atoms with Gasteiger partial charge in [0.1, 0.15) is 11.6 Å². The zero-order valence-electron chi connectivity index (χ0n) is 12.1. The van der Waals surface area contributed by atoms with Gasteiger partial charge in [0.25, 0.3) is 0 Å². The first-order chi connectivity index (χ1) is 9.08. The maximum atomic E-state index is 13.4. The van der Waals surface area contributed by atoms with Gasteiger partial charge in [-0.3, -0.25) is 0 Å². The molecule has 108 valence electrons. The van der Waals surface area contributed by atoms with E-state index in [1.165, 1.54) is 12.1 Å². The lowest BCUT2D eigenvalue weighted by atomic mass is 9.98. The number of ether oxygens (including phenoxy) is 3. The lowest BCUT2D eigenvalue weighted by Gasteiger charge is -2.22. The van der Waals surface area contributed by atoms with Crippen molar-refractivity contribution in [2.45, 2.75) is 26.4 Å². The van der Waals surface area contributed by atoms with E-state index in [1.807, 2.05) is 0 Å². The van der Waals surface area contributed by atoms with Crippen molar-refractivity contribution in [1.82, 2.24) is 0 Å². The van der Waals surface area contributed by atoms with Gasteiger partial charge in [0.2, 0.25) is 0 Å². The third-order valence-electron chi connectivity index (χ3n) is 2.83. The normalized spacial score (nSPS) is 12.7. The Bertz CT molecular complexity index is 380. The SMILES string of the molecule is COCCO[C@@H](CC(C)C)c1cc(F)ccc1OC. The van der Waals surface area contributed by atoms with Gasteiger partial charge in [-0.1, -0.05) is 13.8 Å². The van der Waals surface area contributed by atoms with Crippen molar-refractivity contribution in [2.24, 2.45) is 5.92 Å². The van der Waals surface area contributed by atoms with Crippen LogP contribution in [0.5, 0.6) is 5.75 Å². The van der Waals surface area contributed by atoms with Crippen molar-refractivity contribution in [3.05, 3.63) is 29.6 Å². The van der Waals surface area contributed by atoms with Crippen LogP contribution in [0.15, 0.2) is 18.2 Å². The molecule has 0 radical (unpaired) electrons. The Balaban J connectivity index is 2.91. The summed E-state index contributed by atoms with van der Waals surface area (Å²) < 4.78 is 29.5. The minimum absolute atomic E-state index is 0.180. The second-order valence-corrected chi connectivity index (χ2v) is 4.87. The van der Waals surface area contributed by atoms with Gasteiger partial charge in [-0.15, -0.1) is 0 Å². The van der Waals surface area contributed by atoms with Crippen LogP contribution in [-0.2, 0) is 9.47 Å². The van der Waals surface area contributed by atoms with E-state index < -0.39 is 0 Å². The first-order valence-corrected chi connectivity index (χ1v) is 6.52. The molecule has 0 aliphatic carbocycles. The largest absolute Gasteiger partial charge is 0.496 e. The molecular weight excluding hydrogens is 247 g/mol. The van der Waals surface area contributed by atoms with Gasteiger partial charge in [-0.25, -0.2) is 4.39 Å². The summed E-state index contributed by atoms with van der Waals surface area (Å²) in [4.78, 5) is 0. The van der Waals surface area contributed by atoms with Gasteiger partial charge >= 0.3 is 0 Å². The van der Waals surface area contributed by atoms with Crippen LogP contribution in [0, 0.1) is 11.7 Å². The Kier molecular flexibility index (Phi) is 6.81. The molecule has 0 unspecified atom stereocenters. The molecule has 4 heteroatoms. The summed E-state index contributed by atoms with van der Waals surface area (Å²) in [6.45, 7) is 5.22. The van der Waals surface area contributed by atoms with Crippen LogP contribution < -0.4 is 4.74 Å². The summed E-state index contributed by atoms with van der Waals surface area (Å²) in [6.07, 6.45) is 0.629. The zero-order valence-corrected chi connectivity index (χ0v) is 12.1. The van der Waals surface area contributed by atoms with E-state index in [4.69, 9.17) is 14.2 Å². The van der Waals surface area contributed by atoms with Gasteiger partial charge in [0, 0.05) is 12.7 Å². The first-order valence-electron chi connectivity index (χ1n) is 6.52. The van der Waals surface area contributed by atoms with E-state index in [-0.39, 0.29) is 11.9 Å². The molecule has 0 saturated carbocycles. The summed E-state index contributed by atoms with van der Waals surface area (Å²) in [5.74, 6) is 0.824. The highest BCUT2D eigenvalue weighted by Crippen LogP contribution is 2.32. The van der Waals surface area contributed by atoms with E-state index in [0.717, 1.165) is 12.0 Å². The minimum Gasteiger partial charge on any atom is -0.496 e. The molecule has 19 heavy (non-hydrogen) atoms. The van der Waals surface area contributed by atoms with E-state index in [9.17, 15) is 4.39 Å². The van der Waals surface area contributed by atoms with Crippen LogP contribution in [0.2, 0.25) is 0 Å². The zero-order chi connectivity index (χ0) is 14.3. The Morgan fingerprint density at radius 2 is 1.89 bits per heavy atom. The van der Waals surface area contributed by atoms with Crippen molar-refractivity contribution in [1.29, 1.82) is 0 Å². The van der Waals surface area contributed by atoms with Crippen molar-refractivity contribution in [3.63, 3.8) is 0 Å². The summed E-state index contributed by atoms with van der Waals surface area (Å²) in [5, 5.41) is 0. The van der Waals surface area contributed by atoms with E-state index in [1.54, 1.807) is 20.3 Å². The van der Waals surface area contributed by atoms with E-state index >= 15 is 0 Å². The highest BCUT2D eigenvalue weighted by Gasteiger charge is 2.19. The molecule has 0 amide bonds. The van der Waals surface area contributed by atoms with Crippen molar-refractivity contribution < 1.29 is 18.6 Å². The fraction of sp³-hybridized carbons (Fsp3) is 0.600. The molecule has 0 spiro atoms. The topological polar surface area (TPSA) is 27.7 Å². The Labute approximate surface area is 114 Å². The number of hydrogen-bond donors (Lipinski definition) is 0. The molecule has 0 aliphatic rings. The summed E-state index contributed by atoms with van der Waals surface area (Å²) in [6, 6.07) is 4.51. The molecular formula is C15H23FO3. The molecule has 1 rings (SSSR count). The fourth-order valence-corrected chi connectivity index (χ4v) is 1.94. The molecule has 0 fully saturated rings. The van der Waals surface area contributed by atoms with Crippen LogP contribution >= 0.6 is 0 Å². The average Bonchev–Trinajstić information content (AvgIpc) is 2.37. The molecule has 0 heterocycles. The second-order valence-electron chi connectivity index (χ2n) is 4.87. The van der Waals surface area contributed by atoms with Gasteiger partial charge in [0.05, 0.1) is 26.4 Å². The number of methoxy groups -OCH3 is 2. The third-order valence-corrected chi connectivity index (χ3v) is 2.83. The van der Waals surface area contributed by atoms with Crippen LogP contribution in [-0.4, -0.2) is 27.4 Å². The fourth-order valence-electron chi connectivity index (χ4n) is 1.94. The number of benzene rings is 1. The maximum Gasteiger partial charge on any atom is 0.124 e. The second kappa shape index (κ2) is 8.12. The van der Waals surface area contributed by atoms with Crippen molar-refractivity contribution in [2.75, 3.05) is 27.4 Å². The molecule has 0 N–H and O–H groups in total. The average molecular weight is 270 g/mol. The standard InChI is InChI=1S/C15H23FO3/c1-11(2)9-15(19-8-7-17-3)13-10-12(16)5-6-14(13)18-4/h5-6,10-11,15H,7-9H2,1-4H3/t15-/m0/s1. The highest BCUT2D eigenvalue weighted by molar-refractivity contribution is 5.35. The minimum atomic E-state index is -0.278. The molecule has 3 nitrogen and oxygen atoms in total. The van der Waals surface area contributed by atoms with Crippen LogP contribution in [0.25, 0.3) is 0 Å². The smallest absolute Gasteiger partial charge is 0.124 e. The first kappa shape index (κ1) is 15.9. The Morgan fingerprint density at radius 3 is 2.47 bits per heavy atom. The van der Waals surface area contributed by atoms with Gasteiger partial charge < -0.3 is 14.2 Å². The van der Waals surface area contributed by atoms with Crippen molar-refractivity contribution in [3.8, 4) is 5.75 Å². The number of rotatable bonds is 8. The molecule has 1 aromatic rings. The quantitative estimate of drug-likeness (QED) is 0.676. The molecule has 1 aromatic carbocycles.